The van der Waals surface area contributed by atoms with Gasteiger partial charge in [-0.25, -0.2) is 0 Å². The molecule has 0 spiro atoms. The second-order valence-corrected chi connectivity index (χ2v) is 2.95. The van der Waals surface area contributed by atoms with Gasteiger partial charge in [0.2, 0.25) is 0 Å². The normalized spacial score (nSPS) is 9.00. The summed E-state index contributed by atoms with van der Waals surface area (Å²) in [4.78, 5) is 3.78. The Labute approximate surface area is 109 Å². The molecule has 0 fully saturated rings. The number of hydrogen-bond donors (Lipinski definition) is 2. The lowest BCUT2D eigenvalue weighted by molar-refractivity contribution is -0.123. The van der Waals surface area contributed by atoms with Crippen LogP contribution in [0.3, 0.4) is 0 Å². The number of rotatable bonds is 5. The van der Waals surface area contributed by atoms with E-state index in [1.807, 2.05) is 39.0 Å². The van der Waals surface area contributed by atoms with Gasteiger partial charge in [0.1, 0.15) is 0 Å². The summed E-state index contributed by atoms with van der Waals surface area (Å²) >= 11 is 0. The highest BCUT2D eigenvalue weighted by Gasteiger charge is 1.94. The number of aliphatic hydroxyl groups excluding tert-OH is 2. The fourth-order valence-corrected chi connectivity index (χ4v) is 0.830. The lowest BCUT2D eigenvalue weighted by Crippen LogP contribution is -2.11. The van der Waals surface area contributed by atoms with Crippen molar-refractivity contribution in [2.45, 2.75) is 27.1 Å². The molecular formula is C13H25NO4. The van der Waals surface area contributed by atoms with Crippen molar-refractivity contribution in [1.82, 2.24) is 4.98 Å². The molecule has 0 aromatic carbocycles. The first-order valence-electron chi connectivity index (χ1n) is 6.02. The van der Waals surface area contributed by atoms with E-state index in [4.69, 9.17) is 19.7 Å². The zero-order valence-electron chi connectivity index (χ0n) is 11.5. The van der Waals surface area contributed by atoms with Crippen LogP contribution in [0.15, 0.2) is 30.6 Å². The van der Waals surface area contributed by atoms with E-state index >= 15 is 0 Å². The van der Waals surface area contributed by atoms with Crippen molar-refractivity contribution in [2.24, 2.45) is 0 Å². The molecule has 106 valence electrons. The van der Waals surface area contributed by atoms with Gasteiger partial charge in [0.25, 0.3) is 0 Å². The Hall–Kier alpha value is -1.01. The number of nitrogens with zero attached hydrogens (tertiary/aromatic N) is 1. The van der Waals surface area contributed by atoms with Gasteiger partial charge < -0.3 is 19.7 Å². The minimum atomic E-state index is -0.125. The minimum absolute atomic E-state index is 0.0370. The summed E-state index contributed by atoms with van der Waals surface area (Å²) in [7, 11) is 0. The van der Waals surface area contributed by atoms with Crippen molar-refractivity contribution >= 4 is 0 Å². The van der Waals surface area contributed by atoms with Crippen LogP contribution in [0, 0.1) is 0 Å². The predicted octanol–water partition coefficient (Wildman–Crippen LogP) is 1.46. The largest absolute Gasteiger partial charge is 0.394 e. The molecule has 1 aromatic heterocycles. The van der Waals surface area contributed by atoms with Gasteiger partial charge in [0.05, 0.1) is 13.2 Å². The van der Waals surface area contributed by atoms with Crippen molar-refractivity contribution in [3.8, 4) is 0 Å². The van der Waals surface area contributed by atoms with Gasteiger partial charge in [-0.1, -0.05) is 6.07 Å². The summed E-state index contributed by atoms with van der Waals surface area (Å²) in [6.07, 6.45) is 3.46. The molecule has 0 aliphatic rings. The van der Waals surface area contributed by atoms with E-state index in [0.29, 0.717) is 0 Å². The van der Waals surface area contributed by atoms with Crippen molar-refractivity contribution in [3.05, 3.63) is 30.6 Å². The van der Waals surface area contributed by atoms with Gasteiger partial charge in [0.15, 0.2) is 6.29 Å². The summed E-state index contributed by atoms with van der Waals surface area (Å²) in [6, 6.07) is 5.72. The molecule has 1 heterocycles. The summed E-state index contributed by atoms with van der Waals surface area (Å²) in [5, 5.41) is 15.2. The van der Waals surface area contributed by atoms with Gasteiger partial charge >= 0.3 is 0 Å². The van der Waals surface area contributed by atoms with E-state index in [1.54, 1.807) is 12.4 Å². The third-order valence-corrected chi connectivity index (χ3v) is 1.47. The Bertz CT molecular complexity index is 187. The van der Waals surface area contributed by atoms with Gasteiger partial charge in [0, 0.05) is 25.6 Å². The maximum Gasteiger partial charge on any atom is 0.154 e. The summed E-state index contributed by atoms with van der Waals surface area (Å²) in [6.45, 7) is 7.00. The molecule has 2 N–H and O–H groups in total. The molecular weight excluding hydrogens is 234 g/mol. The van der Waals surface area contributed by atoms with E-state index in [1.165, 1.54) is 0 Å². The van der Waals surface area contributed by atoms with Crippen LogP contribution in [0.4, 0.5) is 0 Å². The molecule has 0 atom stereocenters. The molecule has 18 heavy (non-hydrogen) atoms. The smallest absolute Gasteiger partial charge is 0.154 e. The maximum absolute atomic E-state index is 7.62. The Kier molecular flexibility index (Phi) is 19.7. The lowest BCUT2D eigenvalue weighted by Gasteiger charge is -2.09. The summed E-state index contributed by atoms with van der Waals surface area (Å²) in [5.41, 5.74) is 0. The molecule has 0 radical (unpaired) electrons. The fourth-order valence-electron chi connectivity index (χ4n) is 0.830. The molecule has 0 unspecified atom stereocenters. The quantitative estimate of drug-likeness (QED) is 0.783. The van der Waals surface area contributed by atoms with E-state index in [0.717, 1.165) is 13.2 Å². The molecule has 0 bridgehead atoms. The highest BCUT2D eigenvalue weighted by molar-refractivity contribution is 4.88. The van der Waals surface area contributed by atoms with Crippen LogP contribution < -0.4 is 0 Å². The van der Waals surface area contributed by atoms with Crippen LogP contribution in [0.1, 0.15) is 20.8 Å². The second kappa shape index (κ2) is 18.4. The van der Waals surface area contributed by atoms with Gasteiger partial charge in [-0.2, -0.15) is 0 Å². The second-order valence-electron chi connectivity index (χ2n) is 2.95. The topological polar surface area (TPSA) is 71.8 Å². The monoisotopic (exact) mass is 259 g/mol. The Balaban J connectivity index is 0. The molecule has 5 heteroatoms. The van der Waals surface area contributed by atoms with Crippen LogP contribution in [0.25, 0.3) is 0 Å². The highest BCUT2D eigenvalue weighted by atomic mass is 16.7. The van der Waals surface area contributed by atoms with Gasteiger partial charge in [-0.3, -0.25) is 4.98 Å². The first-order valence-corrected chi connectivity index (χ1v) is 6.02. The zero-order valence-corrected chi connectivity index (χ0v) is 11.5. The van der Waals surface area contributed by atoms with E-state index in [2.05, 4.69) is 4.98 Å². The SMILES string of the molecule is CCOC(C)OCC.OCCO.c1ccncc1. The molecule has 0 saturated heterocycles. The number of hydrogen-bond acceptors (Lipinski definition) is 5. The number of aliphatic hydroxyl groups is 2. The average Bonchev–Trinajstić information content (AvgIpc) is 2.42. The molecule has 1 aromatic rings. The molecule has 0 aliphatic carbocycles. The van der Waals surface area contributed by atoms with Crippen LogP contribution >= 0.6 is 0 Å². The van der Waals surface area contributed by atoms with Crippen molar-refractivity contribution in [1.29, 1.82) is 0 Å². The van der Waals surface area contributed by atoms with E-state index in [-0.39, 0.29) is 19.5 Å². The van der Waals surface area contributed by atoms with Crippen LogP contribution in [0.5, 0.6) is 0 Å². The lowest BCUT2D eigenvalue weighted by atomic mass is 10.5. The predicted molar refractivity (Wildman–Crippen MR) is 71.1 cm³/mol. The Morgan fingerprint density at radius 3 is 1.56 bits per heavy atom. The average molecular weight is 259 g/mol. The maximum atomic E-state index is 7.62. The van der Waals surface area contributed by atoms with Gasteiger partial charge in [-0.15, -0.1) is 0 Å². The molecule has 0 amide bonds. The number of aromatic nitrogens is 1. The Morgan fingerprint density at radius 2 is 1.39 bits per heavy atom. The first-order chi connectivity index (χ1) is 8.72. The summed E-state index contributed by atoms with van der Waals surface area (Å²) < 4.78 is 10.1. The van der Waals surface area contributed by atoms with Crippen molar-refractivity contribution in [2.75, 3.05) is 26.4 Å². The van der Waals surface area contributed by atoms with Crippen LogP contribution in [0.2, 0.25) is 0 Å². The first kappa shape index (κ1) is 19.3. The number of ether oxygens (including phenoxy) is 2. The van der Waals surface area contributed by atoms with Crippen molar-refractivity contribution < 1.29 is 19.7 Å². The molecule has 0 aliphatic heterocycles. The summed E-state index contributed by atoms with van der Waals surface area (Å²) in [5.74, 6) is 0. The van der Waals surface area contributed by atoms with E-state index in [9.17, 15) is 0 Å². The fraction of sp³-hybridized carbons (Fsp3) is 0.615. The van der Waals surface area contributed by atoms with Crippen molar-refractivity contribution in [3.63, 3.8) is 0 Å². The third kappa shape index (κ3) is 20.4. The molecule has 1 rings (SSSR count). The van der Waals surface area contributed by atoms with E-state index < -0.39 is 0 Å². The highest BCUT2D eigenvalue weighted by Crippen LogP contribution is 1.90. The minimum Gasteiger partial charge on any atom is -0.394 e. The standard InChI is InChI=1S/C6H14O2.C5H5N.C2H6O2/c1-4-7-6(3)8-5-2;1-2-4-6-5-3-1;3-1-2-4/h6H,4-5H2,1-3H3;1-5H;3-4H,1-2H2. The Morgan fingerprint density at radius 1 is 0.944 bits per heavy atom. The molecule has 5 nitrogen and oxygen atoms in total. The number of pyridine rings is 1. The van der Waals surface area contributed by atoms with Crippen LogP contribution in [-0.2, 0) is 9.47 Å². The van der Waals surface area contributed by atoms with Gasteiger partial charge in [-0.05, 0) is 32.9 Å². The van der Waals surface area contributed by atoms with Crippen LogP contribution in [-0.4, -0.2) is 47.9 Å². The zero-order chi connectivity index (χ0) is 14.1. The third-order valence-electron chi connectivity index (χ3n) is 1.47. The molecule has 0 saturated carbocycles.